The number of fused-ring (bicyclic) bond motifs is 4. The van der Waals surface area contributed by atoms with Crippen LogP contribution in [0, 0.1) is 11.8 Å². The molecule has 44 heavy (non-hydrogen) atoms. The number of likely N-dealkylation sites (N-methyl/N-ethyl adjacent to an activating group) is 1. The van der Waals surface area contributed by atoms with Crippen LogP contribution in [0.1, 0.15) is 34.3 Å². The highest BCUT2D eigenvalue weighted by molar-refractivity contribution is 6.24. The zero-order valence-electron chi connectivity index (χ0n) is 24.0. The van der Waals surface area contributed by atoms with Gasteiger partial charge in [-0.3, -0.25) is 24.1 Å². The molecule has 3 aliphatic rings. The third-order valence-corrected chi connectivity index (χ3v) is 9.48. The number of phenols is 1. The van der Waals surface area contributed by atoms with Gasteiger partial charge in [0.1, 0.15) is 22.8 Å². The number of aliphatic hydroxyl groups is 4. The molecule has 1 amide bonds. The predicted octanol–water partition coefficient (Wildman–Crippen LogP) is 2.13. The number of phenolic OH excluding ortho intramolecular Hbond substituents is 1. The lowest BCUT2D eigenvalue weighted by Gasteiger charge is -2.53. The number of amides is 1. The molecule has 0 spiro atoms. The fraction of sp³-hybridized carbons (Fsp3) is 0.273. The number of benzene rings is 3. The first-order valence-electron chi connectivity index (χ1n) is 13.9. The molecule has 0 saturated heterocycles. The van der Waals surface area contributed by atoms with E-state index in [9.17, 15) is 44.7 Å². The average molecular weight is 599 g/mol. The molecule has 3 aliphatic carbocycles. The number of aromatic hydroxyl groups is 1. The highest BCUT2D eigenvalue weighted by atomic mass is 16.4. The third kappa shape index (κ3) is 3.60. The lowest BCUT2D eigenvalue weighted by molar-refractivity contribution is -0.169. The van der Waals surface area contributed by atoms with Crippen molar-refractivity contribution in [1.82, 2.24) is 4.90 Å². The maximum atomic E-state index is 14.2. The first-order chi connectivity index (χ1) is 20.8. The Morgan fingerprint density at radius 2 is 1.61 bits per heavy atom. The van der Waals surface area contributed by atoms with Crippen LogP contribution in [0.15, 0.2) is 65.4 Å². The molecule has 0 aromatic heterocycles. The van der Waals surface area contributed by atoms with Crippen molar-refractivity contribution in [3.05, 3.63) is 82.1 Å². The number of aliphatic hydroxyl groups excluding tert-OH is 3. The molecule has 0 aliphatic heterocycles. The predicted molar refractivity (Wildman–Crippen MR) is 159 cm³/mol. The highest BCUT2D eigenvalue weighted by Gasteiger charge is 2.68. The number of rotatable bonds is 4. The van der Waals surface area contributed by atoms with Gasteiger partial charge in [-0.05, 0) is 53.5 Å². The zero-order valence-corrected chi connectivity index (χ0v) is 24.0. The van der Waals surface area contributed by atoms with Crippen LogP contribution in [-0.4, -0.2) is 86.0 Å². The Hall–Kier alpha value is -4.84. The maximum Gasteiger partial charge on any atom is 0.255 e. The monoisotopic (exact) mass is 598 g/mol. The molecule has 226 valence electrons. The third-order valence-electron chi connectivity index (χ3n) is 9.48. The number of carbonyl (C=O) groups is 4. The van der Waals surface area contributed by atoms with Gasteiger partial charge in [-0.25, -0.2) is 0 Å². The van der Waals surface area contributed by atoms with E-state index < -0.39 is 75.6 Å². The lowest BCUT2D eigenvalue weighted by Crippen LogP contribution is -2.70. The van der Waals surface area contributed by atoms with Crippen molar-refractivity contribution >= 4 is 40.3 Å². The van der Waals surface area contributed by atoms with Crippen molar-refractivity contribution in [1.29, 1.82) is 0 Å². The summed E-state index contributed by atoms with van der Waals surface area (Å²) in [5.41, 5.74) is 2.89. The fourth-order valence-electron chi connectivity index (χ4n) is 7.59. The Morgan fingerprint density at radius 1 is 0.977 bits per heavy atom. The van der Waals surface area contributed by atoms with Crippen LogP contribution in [-0.2, 0) is 14.4 Å². The summed E-state index contributed by atoms with van der Waals surface area (Å²) in [7, 11) is 2.90. The molecular formula is C33H30N2O9. The topological polar surface area (TPSA) is 199 Å². The summed E-state index contributed by atoms with van der Waals surface area (Å²) in [6.45, 7) is 1.68. The van der Waals surface area contributed by atoms with Crippen LogP contribution in [0.2, 0.25) is 0 Å². The molecule has 3 aromatic carbocycles. The summed E-state index contributed by atoms with van der Waals surface area (Å²) in [6, 6.07) is 12.1. The van der Waals surface area contributed by atoms with Gasteiger partial charge in [0.05, 0.1) is 23.6 Å². The van der Waals surface area contributed by atoms with E-state index >= 15 is 0 Å². The number of nitrogens with zero attached hydrogens (tertiary/aromatic N) is 1. The molecule has 0 heterocycles. The Balaban J connectivity index is 1.66. The number of aldehydes is 1. The summed E-state index contributed by atoms with van der Waals surface area (Å²) in [5, 5.41) is 59.0. The Labute approximate surface area is 251 Å². The number of ketones is 2. The van der Waals surface area contributed by atoms with E-state index in [2.05, 4.69) is 0 Å². The van der Waals surface area contributed by atoms with E-state index in [0.717, 1.165) is 6.29 Å². The number of hydrogen-bond acceptors (Lipinski definition) is 10. The second-order valence-electron chi connectivity index (χ2n) is 11.8. The van der Waals surface area contributed by atoms with Gasteiger partial charge in [0, 0.05) is 17.1 Å². The minimum Gasteiger partial charge on any atom is -0.508 e. The lowest BCUT2D eigenvalue weighted by atomic mass is 9.54. The van der Waals surface area contributed by atoms with Gasteiger partial charge in [-0.15, -0.1) is 0 Å². The van der Waals surface area contributed by atoms with Crippen LogP contribution < -0.4 is 5.73 Å². The minimum absolute atomic E-state index is 0.109. The summed E-state index contributed by atoms with van der Waals surface area (Å²) >= 11 is 0. The molecule has 11 nitrogen and oxygen atoms in total. The zero-order chi connectivity index (χ0) is 32.0. The van der Waals surface area contributed by atoms with Crippen molar-refractivity contribution in [2.75, 3.05) is 14.1 Å². The number of primary amides is 1. The molecule has 0 radical (unpaired) electrons. The van der Waals surface area contributed by atoms with Crippen LogP contribution in [0.3, 0.4) is 0 Å². The van der Waals surface area contributed by atoms with Crippen LogP contribution in [0.4, 0.5) is 0 Å². The number of Topliss-reactive ketones (excluding diaryl/α,β-unsaturated/α-hetero) is 2. The average Bonchev–Trinajstić information content (AvgIpc) is 2.98. The van der Waals surface area contributed by atoms with Crippen molar-refractivity contribution in [2.45, 2.75) is 30.6 Å². The summed E-state index contributed by atoms with van der Waals surface area (Å²) < 4.78 is 0. The Bertz CT molecular complexity index is 1890. The quantitative estimate of drug-likeness (QED) is 0.191. The van der Waals surface area contributed by atoms with Gasteiger partial charge in [0.15, 0.2) is 17.7 Å². The van der Waals surface area contributed by atoms with Crippen LogP contribution in [0.25, 0.3) is 27.7 Å². The maximum absolute atomic E-state index is 14.2. The van der Waals surface area contributed by atoms with Gasteiger partial charge in [0.2, 0.25) is 5.78 Å². The molecule has 3 aromatic rings. The van der Waals surface area contributed by atoms with Crippen LogP contribution in [0.5, 0.6) is 5.75 Å². The fourth-order valence-corrected chi connectivity index (χ4v) is 7.59. The second-order valence-corrected chi connectivity index (χ2v) is 11.8. The van der Waals surface area contributed by atoms with Gasteiger partial charge in [-0.2, -0.15) is 0 Å². The largest absolute Gasteiger partial charge is 0.508 e. The van der Waals surface area contributed by atoms with E-state index in [1.807, 2.05) is 6.07 Å². The van der Waals surface area contributed by atoms with E-state index in [4.69, 9.17) is 5.73 Å². The Morgan fingerprint density at radius 3 is 2.23 bits per heavy atom. The molecule has 11 heteroatoms. The van der Waals surface area contributed by atoms with Crippen molar-refractivity contribution in [3.8, 4) is 16.9 Å². The van der Waals surface area contributed by atoms with Crippen molar-refractivity contribution in [2.24, 2.45) is 17.6 Å². The van der Waals surface area contributed by atoms with Crippen LogP contribution >= 0.6 is 0 Å². The normalized spacial score (nSPS) is 28.2. The van der Waals surface area contributed by atoms with Gasteiger partial charge < -0.3 is 31.3 Å². The molecule has 0 bridgehead atoms. The van der Waals surface area contributed by atoms with Gasteiger partial charge in [-0.1, -0.05) is 49.4 Å². The number of carbonyl (C=O) groups excluding carboxylic acids is 4. The summed E-state index contributed by atoms with van der Waals surface area (Å²) in [6.07, 6.45) is -0.969. The molecule has 6 rings (SSSR count). The number of nitrogens with two attached hydrogens (primary N) is 1. The first kappa shape index (κ1) is 29.2. The van der Waals surface area contributed by atoms with Gasteiger partial charge >= 0.3 is 0 Å². The van der Waals surface area contributed by atoms with Gasteiger partial charge in [0.25, 0.3) is 5.91 Å². The molecule has 0 unspecified atom stereocenters. The minimum atomic E-state index is -2.99. The number of hydrogen-bond donors (Lipinski definition) is 6. The van der Waals surface area contributed by atoms with Crippen molar-refractivity contribution in [3.63, 3.8) is 0 Å². The van der Waals surface area contributed by atoms with E-state index in [1.165, 1.54) is 25.1 Å². The first-order valence-corrected chi connectivity index (χ1v) is 13.9. The summed E-state index contributed by atoms with van der Waals surface area (Å²) in [5.74, 6) is -9.63. The van der Waals surface area contributed by atoms with Crippen molar-refractivity contribution < 1.29 is 44.7 Å². The molecule has 6 atom stereocenters. The molecule has 1 saturated carbocycles. The van der Waals surface area contributed by atoms with E-state index in [1.54, 1.807) is 43.3 Å². The standard InChI is InChI=1S/C33H30N2O9/c1-13-20-18(17-9-8-14(12-36)15-6-4-5-7-16(15)17)10-11-19(37)22(20)27(38)23-21(13)28(39)25-26(35(2)3)29(40)24(32(34)43)31(42)33(25,44)30(23)41/h4-13,21,25-26,28,37-39,42,44H,1-3H3,(H2,34,43)/t13-,21+,25+,26-,28-,33-/m1/s1. The SMILES string of the molecule is C[C@@H]1c2c(-c3ccc(C=O)c4ccccc34)ccc(O)c2C(O)=C2C(=O)[C@@]3(O)C(O)=C(C(N)=O)C(=O)[C@H](N(C)C)[C@H]3[C@H](O)[C@H]21. The Kier molecular flexibility index (Phi) is 6.54. The van der Waals surface area contributed by atoms with E-state index in [0.29, 0.717) is 33.0 Å². The highest BCUT2D eigenvalue weighted by Crippen LogP contribution is 2.57. The smallest absolute Gasteiger partial charge is 0.255 e. The molecule has 1 fully saturated rings. The molecule has 7 N–H and O–H groups in total. The summed E-state index contributed by atoms with van der Waals surface area (Å²) in [4.78, 5) is 52.9. The second kappa shape index (κ2) is 9.84. The molecular weight excluding hydrogens is 568 g/mol. The van der Waals surface area contributed by atoms with E-state index in [-0.39, 0.29) is 11.3 Å².